The fourth-order valence-electron chi connectivity index (χ4n) is 1.71. The van der Waals surface area contributed by atoms with Crippen molar-refractivity contribution in [2.24, 2.45) is 0 Å². The lowest BCUT2D eigenvalue weighted by atomic mass is 10.2. The predicted molar refractivity (Wildman–Crippen MR) is 54.9 cm³/mol. The Labute approximate surface area is 84.8 Å². The fraction of sp³-hybridized carbons (Fsp3) is 0.500. The number of hydrogen-bond acceptors (Lipinski definition) is 2. The first kappa shape index (κ1) is 9.69. The van der Waals surface area contributed by atoms with Crippen molar-refractivity contribution >= 4 is 0 Å². The van der Waals surface area contributed by atoms with Gasteiger partial charge in [0.1, 0.15) is 0 Å². The minimum atomic E-state index is -0.146. The van der Waals surface area contributed by atoms with Crippen LogP contribution in [0, 0.1) is 0 Å². The number of ether oxygens (including phenoxy) is 2. The standard InChI is InChI=1S/C12H16O2/c1-2-6-11-9-13-12(14-11)10-7-4-3-5-8-10/h3-5,7-8,11-12H,2,6,9H2,1H3. The lowest BCUT2D eigenvalue weighted by molar-refractivity contribution is -0.0611. The van der Waals surface area contributed by atoms with Crippen molar-refractivity contribution in [1.29, 1.82) is 0 Å². The monoisotopic (exact) mass is 192 g/mol. The molecular weight excluding hydrogens is 176 g/mol. The Morgan fingerprint density at radius 3 is 2.79 bits per heavy atom. The van der Waals surface area contributed by atoms with Crippen molar-refractivity contribution in [2.75, 3.05) is 6.61 Å². The molecule has 0 aromatic heterocycles. The average Bonchev–Trinajstić information content (AvgIpc) is 2.68. The van der Waals surface area contributed by atoms with Crippen LogP contribution in [0.1, 0.15) is 31.6 Å². The van der Waals surface area contributed by atoms with Gasteiger partial charge >= 0.3 is 0 Å². The van der Waals surface area contributed by atoms with E-state index in [0.717, 1.165) is 25.0 Å². The topological polar surface area (TPSA) is 18.5 Å². The maximum Gasteiger partial charge on any atom is 0.184 e. The maximum absolute atomic E-state index is 5.77. The van der Waals surface area contributed by atoms with Crippen molar-refractivity contribution in [3.8, 4) is 0 Å². The Balaban J connectivity index is 1.96. The van der Waals surface area contributed by atoms with Gasteiger partial charge in [-0.15, -0.1) is 0 Å². The second-order valence-electron chi connectivity index (χ2n) is 3.62. The van der Waals surface area contributed by atoms with Gasteiger partial charge in [-0.1, -0.05) is 43.7 Å². The molecule has 1 aromatic rings. The van der Waals surface area contributed by atoms with Gasteiger partial charge in [0.2, 0.25) is 0 Å². The summed E-state index contributed by atoms with van der Waals surface area (Å²) in [4.78, 5) is 0. The van der Waals surface area contributed by atoms with Gasteiger partial charge < -0.3 is 9.47 Å². The van der Waals surface area contributed by atoms with E-state index >= 15 is 0 Å². The maximum atomic E-state index is 5.77. The van der Waals surface area contributed by atoms with Crippen molar-refractivity contribution in [3.63, 3.8) is 0 Å². The van der Waals surface area contributed by atoms with Crippen LogP contribution in [0.4, 0.5) is 0 Å². The number of benzene rings is 1. The summed E-state index contributed by atoms with van der Waals surface area (Å²) in [6, 6.07) is 10.1. The molecule has 0 spiro atoms. The Kier molecular flexibility index (Phi) is 3.17. The van der Waals surface area contributed by atoms with Crippen LogP contribution in [0.3, 0.4) is 0 Å². The first-order chi connectivity index (χ1) is 6.90. The molecule has 1 heterocycles. The van der Waals surface area contributed by atoms with E-state index in [0.29, 0.717) is 0 Å². The molecule has 1 aromatic carbocycles. The summed E-state index contributed by atoms with van der Waals surface area (Å²) in [5, 5.41) is 0. The quantitative estimate of drug-likeness (QED) is 0.733. The van der Waals surface area contributed by atoms with Gasteiger partial charge in [0.05, 0.1) is 12.7 Å². The highest BCUT2D eigenvalue weighted by atomic mass is 16.7. The average molecular weight is 192 g/mol. The number of hydrogen-bond donors (Lipinski definition) is 0. The first-order valence-corrected chi connectivity index (χ1v) is 5.22. The van der Waals surface area contributed by atoms with Crippen molar-refractivity contribution < 1.29 is 9.47 Å². The summed E-state index contributed by atoms with van der Waals surface area (Å²) < 4.78 is 11.3. The SMILES string of the molecule is CCCC1COC(c2ccccc2)O1. The zero-order chi connectivity index (χ0) is 9.80. The lowest BCUT2D eigenvalue weighted by Gasteiger charge is -2.10. The minimum Gasteiger partial charge on any atom is -0.346 e. The molecule has 0 saturated carbocycles. The molecular formula is C12H16O2. The molecule has 0 aliphatic carbocycles. The Morgan fingerprint density at radius 2 is 2.07 bits per heavy atom. The highest BCUT2D eigenvalue weighted by Gasteiger charge is 2.26. The highest BCUT2D eigenvalue weighted by molar-refractivity contribution is 5.16. The van der Waals surface area contributed by atoms with Crippen molar-refractivity contribution in [1.82, 2.24) is 0 Å². The molecule has 0 amide bonds. The Hall–Kier alpha value is -0.860. The van der Waals surface area contributed by atoms with Crippen LogP contribution in [-0.2, 0) is 9.47 Å². The lowest BCUT2D eigenvalue weighted by Crippen LogP contribution is -2.08. The molecule has 1 fully saturated rings. The molecule has 0 radical (unpaired) electrons. The van der Waals surface area contributed by atoms with Gasteiger partial charge in [0, 0.05) is 5.56 Å². The van der Waals surface area contributed by atoms with Crippen LogP contribution in [0.5, 0.6) is 0 Å². The molecule has 0 bridgehead atoms. The van der Waals surface area contributed by atoms with Gasteiger partial charge in [-0.05, 0) is 6.42 Å². The molecule has 76 valence electrons. The largest absolute Gasteiger partial charge is 0.346 e. The zero-order valence-corrected chi connectivity index (χ0v) is 8.48. The van der Waals surface area contributed by atoms with Crippen molar-refractivity contribution in [2.45, 2.75) is 32.2 Å². The van der Waals surface area contributed by atoms with Gasteiger partial charge in [-0.25, -0.2) is 0 Å². The molecule has 14 heavy (non-hydrogen) atoms. The van der Waals surface area contributed by atoms with Gasteiger partial charge in [-0.3, -0.25) is 0 Å². The van der Waals surface area contributed by atoms with E-state index in [-0.39, 0.29) is 12.4 Å². The summed E-state index contributed by atoms with van der Waals surface area (Å²) in [6.45, 7) is 2.90. The summed E-state index contributed by atoms with van der Waals surface area (Å²) >= 11 is 0. The minimum absolute atomic E-state index is 0.146. The molecule has 2 rings (SSSR count). The third-order valence-electron chi connectivity index (χ3n) is 2.43. The van der Waals surface area contributed by atoms with Crippen LogP contribution >= 0.6 is 0 Å². The Morgan fingerprint density at radius 1 is 1.29 bits per heavy atom. The molecule has 2 unspecified atom stereocenters. The van der Waals surface area contributed by atoms with Gasteiger partial charge in [0.25, 0.3) is 0 Å². The summed E-state index contributed by atoms with van der Waals surface area (Å²) in [5.74, 6) is 0. The third-order valence-corrected chi connectivity index (χ3v) is 2.43. The predicted octanol–water partition coefficient (Wildman–Crippen LogP) is 2.90. The molecule has 1 saturated heterocycles. The molecule has 2 heteroatoms. The van der Waals surface area contributed by atoms with Crippen LogP contribution in [0.15, 0.2) is 30.3 Å². The van der Waals surface area contributed by atoms with Crippen LogP contribution in [-0.4, -0.2) is 12.7 Å². The molecule has 1 aliphatic heterocycles. The van der Waals surface area contributed by atoms with Crippen LogP contribution in [0.25, 0.3) is 0 Å². The molecule has 2 nitrogen and oxygen atoms in total. The normalized spacial score (nSPS) is 26.6. The Bertz CT molecular complexity index is 271. The second-order valence-corrected chi connectivity index (χ2v) is 3.62. The van der Waals surface area contributed by atoms with E-state index < -0.39 is 0 Å². The highest BCUT2D eigenvalue weighted by Crippen LogP contribution is 2.28. The van der Waals surface area contributed by atoms with E-state index in [1.165, 1.54) is 0 Å². The van der Waals surface area contributed by atoms with E-state index in [1.54, 1.807) is 0 Å². The molecule has 1 aliphatic rings. The summed E-state index contributed by atoms with van der Waals surface area (Å²) in [6.07, 6.45) is 2.37. The zero-order valence-electron chi connectivity index (χ0n) is 8.48. The molecule has 2 atom stereocenters. The summed E-state index contributed by atoms with van der Waals surface area (Å²) in [7, 11) is 0. The second kappa shape index (κ2) is 4.58. The smallest absolute Gasteiger partial charge is 0.184 e. The van der Waals surface area contributed by atoms with E-state index in [2.05, 4.69) is 6.92 Å². The van der Waals surface area contributed by atoms with E-state index in [1.807, 2.05) is 30.3 Å². The van der Waals surface area contributed by atoms with Crippen LogP contribution < -0.4 is 0 Å². The third kappa shape index (κ3) is 2.14. The van der Waals surface area contributed by atoms with Gasteiger partial charge in [-0.2, -0.15) is 0 Å². The molecule has 0 N–H and O–H groups in total. The summed E-state index contributed by atoms with van der Waals surface area (Å²) in [5.41, 5.74) is 1.12. The van der Waals surface area contributed by atoms with E-state index in [9.17, 15) is 0 Å². The first-order valence-electron chi connectivity index (χ1n) is 5.22. The van der Waals surface area contributed by atoms with Crippen molar-refractivity contribution in [3.05, 3.63) is 35.9 Å². The van der Waals surface area contributed by atoms with Gasteiger partial charge in [0.15, 0.2) is 6.29 Å². The van der Waals surface area contributed by atoms with E-state index in [4.69, 9.17) is 9.47 Å². The number of rotatable bonds is 3. The van der Waals surface area contributed by atoms with Crippen LogP contribution in [0.2, 0.25) is 0 Å². The fourth-order valence-corrected chi connectivity index (χ4v) is 1.71.